The third-order valence-corrected chi connectivity index (χ3v) is 4.08. The molecule has 114 valence electrons. The summed E-state index contributed by atoms with van der Waals surface area (Å²) in [6, 6.07) is 9.76. The second-order valence-electron chi connectivity index (χ2n) is 5.18. The summed E-state index contributed by atoms with van der Waals surface area (Å²) in [5.41, 5.74) is 8.47. The number of hydrogen-bond donors (Lipinski definition) is 2. The molecule has 0 aliphatic heterocycles. The van der Waals surface area contributed by atoms with Crippen molar-refractivity contribution in [2.45, 2.75) is 6.92 Å². The maximum atomic E-state index is 13.8. The average Bonchev–Trinajstić information content (AvgIpc) is 2.86. The van der Waals surface area contributed by atoms with Gasteiger partial charge in [-0.05, 0) is 42.3 Å². The number of carbonyl (C=O) groups is 1. The van der Waals surface area contributed by atoms with E-state index in [2.05, 4.69) is 11.1 Å². The van der Waals surface area contributed by atoms with Gasteiger partial charge in [-0.15, -0.1) is 0 Å². The third-order valence-electron chi connectivity index (χ3n) is 3.77. The fraction of sp³-hybridized carbons (Fsp3) is 0.0588. The van der Waals surface area contributed by atoms with Gasteiger partial charge in [0, 0.05) is 10.9 Å². The molecular weight excluding hydrogens is 317 g/mol. The Balaban J connectivity index is 2.39. The van der Waals surface area contributed by atoms with Gasteiger partial charge in [-0.1, -0.05) is 17.7 Å². The maximum Gasteiger partial charge on any atom is 0.265 e. The lowest BCUT2D eigenvalue weighted by Crippen LogP contribution is -2.12. The summed E-state index contributed by atoms with van der Waals surface area (Å²) in [5.74, 6) is -1.15. The number of benzene rings is 2. The highest BCUT2D eigenvalue weighted by molar-refractivity contribution is 6.30. The maximum absolute atomic E-state index is 13.8. The van der Waals surface area contributed by atoms with Crippen molar-refractivity contribution in [1.29, 1.82) is 5.26 Å². The lowest BCUT2D eigenvalue weighted by molar-refractivity contribution is 0.0996. The van der Waals surface area contributed by atoms with Crippen molar-refractivity contribution in [2.24, 2.45) is 5.73 Å². The lowest BCUT2D eigenvalue weighted by atomic mass is 9.99. The molecular formula is C17H11ClFN3O. The Morgan fingerprint density at radius 1 is 1.35 bits per heavy atom. The van der Waals surface area contributed by atoms with Gasteiger partial charge in [0.05, 0.1) is 22.2 Å². The van der Waals surface area contributed by atoms with E-state index in [1.54, 1.807) is 25.1 Å². The Morgan fingerprint density at radius 2 is 2.09 bits per heavy atom. The molecule has 23 heavy (non-hydrogen) atoms. The molecule has 0 bridgehead atoms. The number of aryl methyl sites for hydroxylation is 1. The van der Waals surface area contributed by atoms with Crippen molar-refractivity contribution in [1.82, 2.24) is 4.98 Å². The molecule has 0 aliphatic rings. The summed E-state index contributed by atoms with van der Waals surface area (Å²) in [6.45, 7) is 1.74. The van der Waals surface area contributed by atoms with Gasteiger partial charge in [-0.3, -0.25) is 4.79 Å². The molecule has 0 fully saturated rings. The van der Waals surface area contributed by atoms with Crippen LogP contribution in [0.2, 0.25) is 5.02 Å². The van der Waals surface area contributed by atoms with Crippen LogP contribution in [0.3, 0.4) is 0 Å². The van der Waals surface area contributed by atoms with Crippen LogP contribution in [0.4, 0.5) is 4.39 Å². The first kappa shape index (κ1) is 15.1. The number of nitriles is 1. The monoisotopic (exact) mass is 327 g/mol. The minimum Gasteiger partial charge on any atom is -0.364 e. The van der Waals surface area contributed by atoms with Crippen molar-refractivity contribution in [3.05, 3.63) is 58.0 Å². The smallest absolute Gasteiger partial charge is 0.265 e. The number of nitrogens with two attached hydrogens (primary N) is 1. The SMILES string of the molecule is Cc1c(C(N)=O)[nH]c2c(-c3ccc(Cl)c(F)c3)cc(C#N)cc12. The summed E-state index contributed by atoms with van der Waals surface area (Å²) in [7, 11) is 0. The van der Waals surface area contributed by atoms with Crippen LogP contribution in [0.15, 0.2) is 30.3 Å². The van der Waals surface area contributed by atoms with Crippen LogP contribution in [0.1, 0.15) is 21.6 Å². The molecule has 2 aromatic carbocycles. The standard InChI is InChI=1S/C17H11ClFN3O/c1-8-11-4-9(7-20)5-12(16(11)22-15(8)17(21)23)10-2-3-13(18)14(19)6-10/h2-6,22H,1H3,(H2,21,23). The predicted molar refractivity (Wildman–Crippen MR) is 86.7 cm³/mol. The molecule has 3 N–H and O–H groups in total. The zero-order valence-electron chi connectivity index (χ0n) is 12.1. The van der Waals surface area contributed by atoms with Crippen molar-refractivity contribution in [2.75, 3.05) is 0 Å². The van der Waals surface area contributed by atoms with Crippen molar-refractivity contribution in [3.8, 4) is 17.2 Å². The van der Waals surface area contributed by atoms with E-state index in [1.165, 1.54) is 12.1 Å². The first-order chi connectivity index (χ1) is 10.9. The van der Waals surface area contributed by atoms with E-state index in [0.29, 0.717) is 33.2 Å². The van der Waals surface area contributed by atoms with Crippen LogP contribution in [-0.4, -0.2) is 10.9 Å². The van der Waals surface area contributed by atoms with E-state index < -0.39 is 11.7 Å². The summed E-state index contributed by atoms with van der Waals surface area (Å²) < 4.78 is 13.8. The Kier molecular flexibility index (Phi) is 3.55. The van der Waals surface area contributed by atoms with Crippen LogP contribution >= 0.6 is 11.6 Å². The number of H-pyrrole nitrogens is 1. The van der Waals surface area contributed by atoms with Crippen LogP contribution in [0, 0.1) is 24.1 Å². The second-order valence-corrected chi connectivity index (χ2v) is 5.58. The van der Waals surface area contributed by atoms with E-state index in [9.17, 15) is 14.4 Å². The Bertz CT molecular complexity index is 1000. The number of nitrogens with one attached hydrogen (secondary N) is 1. The molecule has 4 nitrogen and oxygen atoms in total. The highest BCUT2D eigenvalue weighted by atomic mass is 35.5. The van der Waals surface area contributed by atoms with Crippen molar-refractivity contribution >= 4 is 28.4 Å². The van der Waals surface area contributed by atoms with Crippen molar-refractivity contribution < 1.29 is 9.18 Å². The molecule has 0 saturated carbocycles. The number of halogens is 2. The van der Waals surface area contributed by atoms with Gasteiger partial charge in [0.1, 0.15) is 11.5 Å². The predicted octanol–water partition coefficient (Wildman–Crippen LogP) is 3.91. The largest absolute Gasteiger partial charge is 0.364 e. The van der Waals surface area contributed by atoms with E-state index in [4.69, 9.17) is 17.3 Å². The molecule has 6 heteroatoms. The van der Waals surface area contributed by atoms with Crippen LogP contribution < -0.4 is 5.73 Å². The fourth-order valence-corrected chi connectivity index (χ4v) is 2.75. The number of carbonyl (C=O) groups excluding carboxylic acids is 1. The average molecular weight is 328 g/mol. The number of hydrogen-bond acceptors (Lipinski definition) is 2. The molecule has 3 aromatic rings. The zero-order valence-corrected chi connectivity index (χ0v) is 12.8. The molecule has 0 aliphatic carbocycles. The van der Waals surface area contributed by atoms with Crippen LogP contribution in [-0.2, 0) is 0 Å². The first-order valence-electron chi connectivity index (χ1n) is 6.74. The third kappa shape index (κ3) is 2.43. The highest BCUT2D eigenvalue weighted by Crippen LogP contribution is 2.34. The van der Waals surface area contributed by atoms with E-state index in [1.807, 2.05) is 0 Å². The molecule has 0 atom stereocenters. The summed E-state index contributed by atoms with van der Waals surface area (Å²) in [5, 5.41) is 9.94. The minimum atomic E-state index is -0.592. The Labute approximate surface area is 136 Å². The van der Waals surface area contributed by atoms with E-state index >= 15 is 0 Å². The van der Waals surface area contributed by atoms with Crippen LogP contribution in [0.5, 0.6) is 0 Å². The molecule has 1 aromatic heterocycles. The summed E-state index contributed by atoms with van der Waals surface area (Å²) in [6.07, 6.45) is 0. The Morgan fingerprint density at radius 3 is 2.70 bits per heavy atom. The van der Waals surface area contributed by atoms with Gasteiger partial charge in [-0.25, -0.2) is 4.39 Å². The number of nitrogens with zero attached hydrogens (tertiary/aromatic N) is 1. The summed E-state index contributed by atoms with van der Waals surface area (Å²) >= 11 is 5.72. The molecule has 0 saturated heterocycles. The first-order valence-corrected chi connectivity index (χ1v) is 7.12. The zero-order chi connectivity index (χ0) is 16.7. The van der Waals surface area contributed by atoms with E-state index in [0.717, 1.165) is 0 Å². The molecule has 1 amide bonds. The number of fused-ring (bicyclic) bond motifs is 1. The van der Waals surface area contributed by atoms with Gasteiger partial charge < -0.3 is 10.7 Å². The van der Waals surface area contributed by atoms with E-state index in [-0.39, 0.29) is 10.7 Å². The number of rotatable bonds is 2. The summed E-state index contributed by atoms with van der Waals surface area (Å²) in [4.78, 5) is 14.5. The Hall–Kier alpha value is -2.84. The second kappa shape index (κ2) is 5.41. The molecule has 0 radical (unpaired) electrons. The van der Waals surface area contributed by atoms with Crippen LogP contribution in [0.25, 0.3) is 22.0 Å². The van der Waals surface area contributed by atoms with Gasteiger partial charge >= 0.3 is 0 Å². The minimum absolute atomic E-state index is 0.0157. The van der Waals surface area contributed by atoms with Gasteiger partial charge in [0.25, 0.3) is 5.91 Å². The van der Waals surface area contributed by atoms with Crippen molar-refractivity contribution in [3.63, 3.8) is 0 Å². The number of amides is 1. The molecule has 3 rings (SSSR count). The van der Waals surface area contributed by atoms with Gasteiger partial charge in [0.2, 0.25) is 0 Å². The highest BCUT2D eigenvalue weighted by Gasteiger charge is 2.17. The number of primary amides is 1. The van der Waals surface area contributed by atoms with Gasteiger partial charge in [0.15, 0.2) is 0 Å². The normalized spacial score (nSPS) is 10.7. The quantitative estimate of drug-likeness (QED) is 0.748. The number of aromatic amines is 1. The molecule has 0 unspecified atom stereocenters. The molecule has 0 spiro atoms. The van der Waals surface area contributed by atoms with Gasteiger partial charge in [-0.2, -0.15) is 5.26 Å². The number of aromatic nitrogens is 1. The fourth-order valence-electron chi connectivity index (χ4n) is 2.63. The topological polar surface area (TPSA) is 82.7 Å². The lowest BCUT2D eigenvalue weighted by Gasteiger charge is -2.06. The molecule has 1 heterocycles.